The lowest BCUT2D eigenvalue weighted by atomic mass is 9.74. The molecule has 1 aliphatic rings. The third-order valence-corrected chi connectivity index (χ3v) is 4.53. The van der Waals surface area contributed by atoms with Gasteiger partial charge in [-0.3, -0.25) is 9.59 Å². The second-order valence-electron chi connectivity index (χ2n) is 5.39. The van der Waals surface area contributed by atoms with Crippen LogP contribution in [0.1, 0.15) is 59.3 Å². The number of ether oxygens (including phenoxy) is 1. The van der Waals surface area contributed by atoms with E-state index >= 15 is 0 Å². The number of carbonyl (C=O) groups is 2. The number of hydrogen-bond donors (Lipinski definition) is 0. The second-order valence-corrected chi connectivity index (χ2v) is 5.39. The Morgan fingerprint density at radius 2 is 1.63 bits per heavy atom. The summed E-state index contributed by atoms with van der Waals surface area (Å²) in [5.74, 6) is -0.182. The van der Waals surface area contributed by atoms with Crippen LogP contribution in [0.5, 0.6) is 0 Å². The highest BCUT2D eigenvalue weighted by Crippen LogP contribution is 2.37. The van der Waals surface area contributed by atoms with E-state index in [9.17, 15) is 9.59 Å². The predicted octanol–water partition coefficient (Wildman–Crippen LogP) is 2.76. The number of hydrogen-bond acceptors (Lipinski definition) is 3. The van der Waals surface area contributed by atoms with Gasteiger partial charge in [0.2, 0.25) is 5.91 Å². The molecule has 0 aromatic rings. The van der Waals surface area contributed by atoms with Crippen LogP contribution in [-0.4, -0.2) is 36.5 Å². The number of piperidine rings is 1. The quantitative estimate of drug-likeness (QED) is 0.697. The Kier molecular flexibility index (Phi) is 6.32. The van der Waals surface area contributed by atoms with E-state index in [1.165, 1.54) is 12.8 Å². The molecule has 0 spiro atoms. The van der Waals surface area contributed by atoms with Crippen LogP contribution >= 0.6 is 0 Å². The molecule has 1 rings (SSSR count). The molecule has 0 unspecified atom stereocenters. The minimum atomic E-state index is -0.274. The Labute approximate surface area is 116 Å². The first-order valence-electron chi connectivity index (χ1n) is 7.50. The van der Waals surface area contributed by atoms with Crippen LogP contribution in [0.2, 0.25) is 0 Å². The van der Waals surface area contributed by atoms with Crippen molar-refractivity contribution in [3.8, 4) is 0 Å². The zero-order valence-electron chi connectivity index (χ0n) is 12.5. The summed E-state index contributed by atoms with van der Waals surface area (Å²) >= 11 is 0. The lowest BCUT2D eigenvalue weighted by Gasteiger charge is -2.41. The minimum Gasteiger partial charge on any atom is -0.466 e. The van der Waals surface area contributed by atoms with Crippen LogP contribution in [-0.2, 0) is 14.3 Å². The summed E-state index contributed by atoms with van der Waals surface area (Å²) in [6.45, 7) is 8.31. The van der Waals surface area contributed by atoms with Crippen LogP contribution in [0.4, 0.5) is 0 Å². The van der Waals surface area contributed by atoms with Crippen LogP contribution < -0.4 is 0 Å². The van der Waals surface area contributed by atoms with E-state index in [1.54, 1.807) is 6.92 Å². The van der Waals surface area contributed by atoms with Gasteiger partial charge in [0.05, 0.1) is 13.0 Å². The normalized spacial score (nSPS) is 18.2. The predicted molar refractivity (Wildman–Crippen MR) is 74.7 cm³/mol. The molecule has 0 aromatic carbocycles. The number of likely N-dealkylation sites (tertiary alicyclic amines) is 1. The lowest BCUT2D eigenvalue weighted by Crippen LogP contribution is -2.42. The number of rotatable bonds is 6. The molecule has 0 aliphatic carbocycles. The Hall–Kier alpha value is -1.06. The maximum Gasteiger partial charge on any atom is 0.306 e. The average Bonchev–Trinajstić information content (AvgIpc) is 2.45. The molecule has 0 bridgehead atoms. The van der Waals surface area contributed by atoms with E-state index < -0.39 is 0 Å². The van der Waals surface area contributed by atoms with Crippen LogP contribution in [0, 0.1) is 5.41 Å². The van der Waals surface area contributed by atoms with Crippen molar-refractivity contribution in [3.05, 3.63) is 0 Å². The van der Waals surface area contributed by atoms with E-state index in [1.807, 2.05) is 4.90 Å². The third kappa shape index (κ3) is 4.51. The van der Waals surface area contributed by atoms with Crippen LogP contribution in [0.3, 0.4) is 0 Å². The van der Waals surface area contributed by atoms with Gasteiger partial charge in [0, 0.05) is 19.5 Å². The molecule has 4 heteroatoms. The molecular formula is C15H27NO3. The Morgan fingerprint density at radius 3 is 2.11 bits per heavy atom. The molecule has 0 atom stereocenters. The van der Waals surface area contributed by atoms with Crippen molar-refractivity contribution in [1.82, 2.24) is 4.90 Å². The van der Waals surface area contributed by atoms with Gasteiger partial charge in [0.15, 0.2) is 0 Å². The molecule has 0 aromatic heterocycles. The van der Waals surface area contributed by atoms with Gasteiger partial charge in [0.1, 0.15) is 0 Å². The first-order valence-corrected chi connectivity index (χ1v) is 7.50. The first kappa shape index (κ1) is 16.0. The maximum atomic E-state index is 12.0. The monoisotopic (exact) mass is 269 g/mol. The van der Waals surface area contributed by atoms with Gasteiger partial charge < -0.3 is 9.64 Å². The Morgan fingerprint density at radius 1 is 1.05 bits per heavy atom. The molecule has 4 nitrogen and oxygen atoms in total. The Bertz CT molecular complexity index is 301. The fraction of sp³-hybridized carbons (Fsp3) is 0.867. The molecule has 0 radical (unpaired) electrons. The van der Waals surface area contributed by atoms with Gasteiger partial charge in [0.25, 0.3) is 0 Å². The van der Waals surface area contributed by atoms with E-state index in [0.29, 0.717) is 12.0 Å². The highest BCUT2D eigenvalue weighted by Gasteiger charge is 2.32. The molecule has 1 fully saturated rings. The fourth-order valence-corrected chi connectivity index (χ4v) is 2.79. The van der Waals surface area contributed by atoms with E-state index in [0.717, 1.165) is 25.9 Å². The van der Waals surface area contributed by atoms with Gasteiger partial charge in [-0.15, -0.1) is 0 Å². The third-order valence-electron chi connectivity index (χ3n) is 4.53. The molecule has 1 heterocycles. The Balaban J connectivity index is 2.34. The minimum absolute atomic E-state index is 0.0915. The van der Waals surface area contributed by atoms with Crippen molar-refractivity contribution >= 4 is 11.9 Å². The molecule has 1 amide bonds. The lowest BCUT2D eigenvalue weighted by molar-refractivity contribution is -0.146. The number of nitrogens with zero attached hydrogens (tertiary/aromatic N) is 1. The van der Waals surface area contributed by atoms with Crippen molar-refractivity contribution in [2.75, 3.05) is 19.7 Å². The van der Waals surface area contributed by atoms with Crippen molar-refractivity contribution < 1.29 is 14.3 Å². The molecule has 1 aliphatic heterocycles. The largest absolute Gasteiger partial charge is 0.466 e. The van der Waals surface area contributed by atoms with E-state index in [4.69, 9.17) is 4.74 Å². The van der Waals surface area contributed by atoms with Crippen LogP contribution in [0.15, 0.2) is 0 Å². The number of esters is 1. The molecule has 0 N–H and O–H groups in total. The van der Waals surface area contributed by atoms with Gasteiger partial charge in [-0.2, -0.15) is 0 Å². The highest BCUT2D eigenvalue weighted by molar-refractivity contribution is 5.81. The van der Waals surface area contributed by atoms with E-state index in [2.05, 4.69) is 13.8 Å². The van der Waals surface area contributed by atoms with Crippen molar-refractivity contribution in [2.24, 2.45) is 5.41 Å². The highest BCUT2D eigenvalue weighted by atomic mass is 16.5. The first-order chi connectivity index (χ1) is 9.06. The smallest absolute Gasteiger partial charge is 0.306 e. The zero-order valence-corrected chi connectivity index (χ0v) is 12.5. The van der Waals surface area contributed by atoms with Crippen molar-refractivity contribution in [3.63, 3.8) is 0 Å². The summed E-state index contributed by atoms with van der Waals surface area (Å²) in [6.07, 6.45) is 5.04. The van der Waals surface area contributed by atoms with E-state index in [-0.39, 0.29) is 24.7 Å². The van der Waals surface area contributed by atoms with Crippen LogP contribution in [0.25, 0.3) is 0 Å². The summed E-state index contributed by atoms with van der Waals surface area (Å²) in [5, 5.41) is 0. The average molecular weight is 269 g/mol. The van der Waals surface area contributed by atoms with Gasteiger partial charge in [-0.25, -0.2) is 0 Å². The molecular weight excluding hydrogens is 242 g/mol. The topological polar surface area (TPSA) is 46.6 Å². The molecule has 19 heavy (non-hydrogen) atoms. The summed E-state index contributed by atoms with van der Waals surface area (Å²) in [6, 6.07) is 0. The van der Waals surface area contributed by atoms with Gasteiger partial charge >= 0.3 is 5.97 Å². The number of amides is 1. The second kappa shape index (κ2) is 7.51. The fourth-order valence-electron chi connectivity index (χ4n) is 2.79. The molecule has 1 saturated heterocycles. The molecule has 0 saturated carbocycles. The zero-order chi connectivity index (χ0) is 14.3. The summed E-state index contributed by atoms with van der Waals surface area (Å²) < 4.78 is 4.84. The SMILES string of the molecule is CCOC(=O)CCC(=O)N1CCC(CC)(CC)CC1. The summed E-state index contributed by atoms with van der Waals surface area (Å²) in [4.78, 5) is 25.2. The standard InChI is InChI=1S/C15H27NO3/c1-4-15(5-2)9-11-16(12-10-15)13(17)7-8-14(18)19-6-3/h4-12H2,1-3H3. The number of carbonyl (C=O) groups excluding carboxylic acids is 2. The maximum absolute atomic E-state index is 12.0. The van der Waals surface area contributed by atoms with Crippen molar-refractivity contribution in [1.29, 1.82) is 0 Å². The van der Waals surface area contributed by atoms with Crippen molar-refractivity contribution in [2.45, 2.75) is 59.3 Å². The van der Waals surface area contributed by atoms with Gasteiger partial charge in [-0.05, 0) is 25.2 Å². The van der Waals surface area contributed by atoms with Gasteiger partial charge in [-0.1, -0.05) is 26.7 Å². The summed E-state index contributed by atoms with van der Waals surface area (Å²) in [7, 11) is 0. The molecule has 110 valence electrons. The summed E-state index contributed by atoms with van der Waals surface area (Å²) in [5.41, 5.74) is 0.428.